The van der Waals surface area contributed by atoms with Gasteiger partial charge in [-0.25, -0.2) is 0 Å². The number of carbonyl (C=O) groups is 3. The lowest BCUT2D eigenvalue weighted by Crippen LogP contribution is -2.31. The highest BCUT2D eigenvalue weighted by molar-refractivity contribution is 9.10. The van der Waals surface area contributed by atoms with Gasteiger partial charge in [-0.1, -0.05) is 45.8 Å². The molecule has 0 aromatic heterocycles. The van der Waals surface area contributed by atoms with E-state index in [9.17, 15) is 14.4 Å². The van der Waals surface area contributed by atoms with Crippen molar-refractivity contribution in [2.75, 3.05) is 11.5 Å². The van der Waals surface area contributed by atoms with Crippen LogP contribution in [0.15, 0.2) is 53.0 Å². The van der Waals surface area contributed by atoms with Crippen molar-refractivity contribution in [2.24, 2.45) is 5.92 Å². The number of esters is 1. The molecule has 0 radical (unpaired) electrons. The van der Waals surface area contributed by atoms with Crippen LogP contribution in [0.5, 0.6) is 0 Å². The highest BCUT2D eigenvalue weighted by atomic mass is 79.9. The summed E-state index contributed by atoms with van der Waals surface area (Å²) in [5.74, 6) is -3.28. The number of hydrogen-bond acceptors (Lipinski definition) is 4. The maximum atomic E-state index is 12.7. The largest absolute Gasteiger partial charge is 0.465 e. The number of anilines is 1. The van der Waals surface area contributed by atoms with Gasteiger partial charge in [-0.3, -0.25) is 19.3 Å². The van der Waals surface area contributed by atoms with E-state index in [0.717, 1.165) is 10.0 Å². The quantitative estimate of drug-likeness (QED) is 0.434. The van der Waals surface area contributed by atoms with E-state index in [1.165, 1.54) is 4.90 Å². The highest BCUT2D eigenvalue weighted by Crippen LogP contribution is 2.40. The van der Waals surface area contributed by atoms with Crippen molar-refractivity contribution in [1.29, 1.82) is 0 Å². The lowest BCUT2D eigenvalue weighted by Gasteiger charge is -2.27. The minimum absolute atomic E-state index is 0.147. The number of carbonyl (C=O) groups excluding carboxylic acids is 3. The van der Waals surface area contributed by atoms with Crippen molar-refractivity contribution in [3.8, 4) is 0 Å². The van der Waals surface area contributed by atoms with Crippen LogP contribution in [0.25, 0.3) is 0 Å². The first-order chi connectivity index (χ1) is 12.4. The van der Waals surface area contributed by atoms with Gasteiger partial charge in [0, 0.05) is 10.2 Å². The zero-order valence-corrected chi connectivity index (χ0v) is 16.0. The molecule has 1 aliphatic rings. The monoisotopic (exact) mass is 415 g/mol. The van der Waals surface area contributed by atoms with E-state index in [0.29, 0.717) is 11.3 Å². The van der Waals surface area contributed by atoms with E-state index in [4.69, 9.17) is 4.74 Å². The summed E-state index contributed by atoms with van der Waals surface area (Å²) in [7, 11) is 0. The second-order valence-electron chi connectivity index (χ2n) is 6.10. The van der Waals surface area contributed by atoms with E-state index >= 15 is 0 Å². The number of halogens is 1. The summed E-state index contributed by atoms with van der Waals surface area (Å²) in [5, 5.41) is 0. The fourth-order valence-electron chi connectivity index (χ4n) is 3.12. The fourth-order valence-corrected chi connectivity index (χ4v) is 3.39. The Morgan fingerprint density at radius 3 is 2.27 bits per heavy atom. The van der Waals surface area contributed by atoms with Gasteiger partial charge >= 0.3 is 5.97 Å². The number of aryl methyl sites for hydroxylation is 1. The molecule has 1 amide bonds. The summed E-state index contributed by atoms with van der Waals surface area (Å²) in [5.41, 5.74) is 2.31. The molecule has 1 saturated heterocycles. The minimum atomic E-state index is -1.18. The molecule has 1 fully saturated rings. The van der Waals surface area contributed by atoms with Gasteiger partial charge < -0.3 is 4.74 Å². The van der Waals surface area contributed by atoms with Crippen LogP contribution < -0.4 is 4.90 Å². The number of benzene rings is 2. The van der Waals surface area contributed by atoms with Gasteiger partial charge in [0.05, 0.1) is 12.6 Å². The molecule has 134 valence electrons. The molecule has 0 aliphatic carbocycles. The predicted octanol–water partition coefficient (Wildman–Crippen LogP) is 3.59. The molecule has 6 heteroatoms. The molecule has 2 atom stereocenters. The van der Waals surface area contributed by atoms with E-state index in [1.807, 2.05) is 31.2 Å². The van der Waals surface area contributed by atoms with E-state index in [2.05, 4.69) is 15.9 Å². The molecule has 1 aliphatic heterocycles. The molecule has 2 aromatic rings. The number of rotatable bonds is 4. The second-order valence-corrected chi connectivity index (χ2v) is 7.02. The SMILES string of the molecule is CCOC(=O)[C@H]1C(=O)C(=O)N(c2ccc(C)cc2)[C@@H]1c1ccc(Br)cc1. The first-order valence-corrected chi connectivity index (χ1v) is 9.09. The molecule has 1 heterocycles. The third-order valence-corrected chi connectivity index (χ3v) is 4.90. The third kappa shape index (κ3) is 3.29. The first-order valence-electron chi connectivity index (χ1n) is 8.30. The van der Waals surface area contributed by atoms with Gasteiger partial charge in [-0.2, -0.15) is 0 Å². The number of ether oxygens (including phenoxy) is 1. The van der Waals surface area contributed by atoms with Gasteiger partial charge in [-0.05, 0) is 43.7 Å². The number of amides is 1. The summed E-state index contributed by atoms with van der Waals surface area (Å²) in [6, 6.07) is 13.8. The van der Waals surface area contributed by atoms with Gasteiger partial charge in [0.25, 0.3) is 5.91 Å². The zero-order valence-electron chi connectivity index (χ0n) is 14.4. The Bertz CT molecular complexity index is 845. The van der Waals surface area contributed by atoms with E-state index in [1.54, 1.807) is 31.2 Å². The Morgan fingerprint density at radius 2 is 1.69 bits per heavy atom. The summed E-state index contributed by atoms with van der Waals surface area (Å²) in [6.07, 6.45) is 0. The third-order valence-electron chi connectivity index (χ3n) is 4.37. The Labute approximate surface area is 160 Å². The van der Waals surface area contributed by atoms with Crippen LogP contribution in [0, 0.1) is 12.8 Å². The molecule has 2 aromatic carbocycles. The topological polar surface area (TPSA) is 63.7 Å². The molecule has 0 N–H and O–H groups in total. The maximum Gasteiger partial charge on any atom is 0.319 e. The number of nitrogens with zero attached hydrogens (tertiary/aromatic N) is 1. The van der Waals surface area contributed by atoms with Crippen molar-refractivity contribution >= 4 is 39.3 Å². The number of Topliss-reactive ketones (excluding diaryl/α,β-unsaturated/α-hetero) is 1. The average molecular weight is 416 g/mol. The Hall–Kier alpha value is -2.47. The predicted molar refractivity (Wildman–Crippen MR) is 101 cm³/mol. The summed E-state index contributed by atoms with van der Waals surface area (Å²) in [6.45, 7) is 3.76. The van der Waals surface area contributed by atoms with Crippen LogP contribution in [0.1, 0.15) is 24.1 Å². The van der Waals surface area contributed by atoms with Crippen LogP contribution in [0.4, 0.5) is 5.69 Å². The van der Waals surface area contributed by atoms with E-state index < -0.39 is 29.6 Å². The first kappa shape index (κ1) is 18.3. The highest BCUT2D eigenvalue weighted by Gasteiger charge is 2.53. The van der Waals surface area contributed by atoms with Crippen molar-refractivity contribution in [2.45, 2.75) is 19.9 Å². The summed E-state index contributed by atoms with van der Waals surface area (Å²) in [4.78, 5) is 39.2. The Balaban J connectivity index is 2.12. The zero-order chi connectivity index (χ0) is 18.8. The average Bonchev–Trinajstić information content (AvgIpc) is 2.88. The van der Waals surface area contributed by atoms with Crippen LogP contribution in [-0.2, 0) is 19.1 Å². The Morgan fingerprint density at radius 1 is 1.08 bits per heavy atom. The van der Waals surface area contributed by atoms with Crippen LogP contribution in [0.3, 0.4) is 0 Å². The molecule has 0 bridgehead atoms. The van der Waals surface area contributed by atoms with E-state index in [-0.39, 0.29) is 6.61 Å². The van der Waals surface area contributed by atoms with Gasteiger partial charge in [-0.15, -0.1) is 0 Å². The van der Waals surface area contributed by atoms with Crippen LogP contribution in [-0.4, -0.2) is 24.3 Å². The van der Waals surface area contributed by atoms with Crippen LogP contribution in [0.2, 0.25) is 0 Å². The van der Waals surface area contributed by atoms with Crippen molar-refractivity contribution < 1.29 is 19.1 Å². The van der Waals surface area contributed by atoms with Gasteiger partial charge in [0.15, 0.2) is 0 Å². The molecule has 26 heavy (non-hydrogen) atoms. The summed E-state index contributed by atoms with van der Waals surface area (Å²) < 4.78 is 5.94. The normalized spacial score (nSPS) is 19.7. The molecular formula is C20H18BrNO4. The number of ketones is 1. The lowest BCUT2D eigenvalue weighted by atomic mass is 9.92. The van der Waals surface area contributed by atoms with Crippen molar-refractivity contribution in [3.05, 3.63) is 64.1 Å². The fraction of sp³-hybridized carbons (Fsp3) is 0.250. The van der Waals surface area contributed by atoms with Crippen molar-refractivity contribution in [3.63, 3.8) is 0 Å². The lowest BCUT2D eigenvalue weighted by molar-refractivity contribution is -0.152. The molecule has 0 spiro atoms. The van der Waals surface area contributed by atoms with Gasteiger partial charge in [0.2, 0.25) is 5.78 Å². The van der Waals surface area contributed by atoms with Gasteiger partial charge in [0.1, 0.15) is 5.92 Å². The van der Waals surface area contributed by atoms with Crippen LogP contribution >= 0.6 is 15.9 Å². The maximum absolute atomic E-state index is 12.7. The summed E-state index contributed by atoms with van der Waals surface area (Å²) >= 11 is 3.38. The Kier molecular flexibility index (Phi) is 5.23. The molecule has 3 rings (SSSR count). The molecule has 0 saturated carbocycles. The molecule has 5 nitrogen and oxygen atoms in total. The smallest absolute Gasteiger partial charge is 0.319 e. The standard InChI is InChI=1S/C20H18BrNO4/c1-3-26-20(25)16-17(13-6-8-14(21)9-7-13)22(19(24)18(16)23)15-10-4-12(2)5-11-15/h4-11,16-17H,3H2,1-2H3/t16-,17-/m1/s1. The molecular weight excluding hydrogens is 398 g/mol. The number of hydrogen-bond donors (Lipinski definition) is 0. The van der Waals surface area contributed by atoms with Crippen molar-refractivity contribution in [1.82, 2.24) is 0 Å². The second kappa shape index (κ2) is 7.41. The minimum Gasteiger partial charge on any atom is -0.465 e. The molecule has 0 unspecified atom stereocenters.